The lowest BCUT2D eigenvalue weighted by atomic mass is 9.95. The number of amides is 1. The Balaban J connectivity index is 1.65. The molecule has 9 heteroatoms. The maximum Gasteiger partial charge on any atom is 0.326 e. The normalized spacial score (nSPS) is 16.3. The minimum atomic E-state index is -0.972. The zero-order chi connectivity index (χ0) is 27.9. The molecule has 4 rings (SSSR count). The van der Waals surface area contributed by atoms with Crippen molar-refractivity contribution in [2.45, 2.75) is 72.4 Å². The van der Waals surface area contributed by atoms with E-state index in [1.165, 1.54) is 23.4 Å². The largest absolute Gasteiger partial charge is 0.480 e. The first kappa shape index (κ1) is 28.3. The van der Waals surface area contributed by atoms with Crippen LogP contribution in [0.5, 0.6) is 0 Å². The number of carboxylic acids is 1. The first-order chi connectivity index (χ1) is 18.8. The summed E-state index contributed by atoms with van der Waals surface area (Å²) in [6.07, 6.45) is 4.40. The molecular weight excluding hydrogens is 492 g/mol. The number of nitrogens with one attached hydrogen (secondary N) is 1. The molecule has 2 N–H and O–H groups in total. The molecule has 2 aromatic carbocycles. The Morgan fingerprint density at radius 2 is 1.92 bits per heavy atom. The summed E-state index contributed by atoms with van der Waals surface area (Å²) in [6, 6.07) is 13.5. The van der Waals surface area contributed by atoms with Crippen LogP contribution in [-0.4, -0.2) is 61.6 Å². The van der Waals surface area contributed by atoms with E-state index in [4.69, 9.17) is 0 Å². The first-order valence-electron chi connectivity index (χ1n) is 14.0. The standard InChI is InChI=1S/C30H40N6O3/c1-5-6-9-27(37)36(28(20(2)3)30(38)39)19-22-10-12-23(13-11-22)26-17-24(35-16-7-8-21(4)18-35)14-15-25(26)29-31-33-34-32-29/h10-15,17,20-21,28H,5-9,16,18-19H2,1-4H3,(H,38,39)(H,31,32,33,34). The number of H-pyrrole nitrogens is 1. The third-order valence-electron chi connectivity index (χ3n) is 7.51. The Hall–Kier alpha value is -3.75. The van der Waals surface area contributed by atoms with Crippen LogP contribution in [0.1, 0.15) is 65.4 Å². The number of anilines is 1. The predicted octanol–water partition coefficient (Wildman–Crippen LogP) is 5.40. The van der Waals surface area contributed by atoms with Gasteiger partial charge in [0.25, 0.3) is 0 Å². The summed E-state index contributed by atoms with van der Waals surface area (Å²) in [4.78, 5) is 29.1. The van der Waals surface area contributed by atoms with Crippen molar-refractivity contribution in [2.75, 3.05) is 18.0 Å². The summed E-state index contributed by atoms with van der Waals surface area (Å²) >= 11 is 0. The number of tetrazole rings is 1. The topological polar surface area (TPSA) is 115 Å². The van der Waals surface area contributed by atoms with Crippen molar-refractivity contribution in [3.63, 3.8) is 0 Å². The van der Waals surface area contributed by atoms with Crippen LogP contribution < -0.4 is 4.90 Å². The Kier molecular flexibility index (Phi) is 9.32. The molecule has 0 aliphatic carbocycles. The molecule has 2 unspecified atom stereocenters. The van der Waals surface area contributed by atoms with E-state index in [1.54, 1.807) is 0 Å². The lowest BCUT2D eigenvalue weighted by Crippen LogP contribution is -2.47. The second-order valence-corrected chi connectivity index (χ2v) is 11.0. The maximum absolute atomic E-state index is 13.1. The molecule has 1 aliphatic heterocycles. The molecule has 9 nitrogen and oxygen atoms in total. The third kappa shape index (κ3) is 6.82. The molecule has 0 spiro atoms. The van der Waals surface area contributed by atoms with Gasteiger partial charge in [-0.15, -0.1) is 10.2 Å². The van der Waals surface area contributed by atoms with Gasteiger partial charge >= 0.3 is 5.97 Å². The second-order valence-electron chi connectivity index (χ2n) is 11.0. The molecule has 1 aromatic heterocycles. The highest BCUT2D eigenvalue weighted by Crippen LogP contribution is 2.35. The lowest BCUT2D eigenvalue weighted by Gasteiger charge is -2.33. The first-order valence-corrected chi connectivity index (χ1v) is 14.0. The Bertz CT molecular complexity index is 1240. The van der Waals surface area contributed by atoms with Crippen molar-refractivity contribution in [1.29, 1.82) is 0 Å². The Morgan fingerprint density at radius 3 is 2.54 bits per heavy atom. The zero-order valence-corrected chi connectivity index (χ0v) is 23.4. The fourth-order valence-electron chi connectivity index (χ4n) is 5.44. The molecule has 2 atom stereocenters. The van der Waals surface area contributed by atoms with Crippen molar-refractivity contribution in [3.05, 3.63) is 48.0 Å². The van der Waals surface area contributed by atoms with Crippen molar-refractivity contribution < 1.29 is 14.7 Å². The van der Waals surface area contributed by atoms with Gasteiger partial charge in [-0.25, -0.2) is 4.79 Å². The number of hydrogen-bond donors (Lipinski definition) is 2. The summed E-state index contributed by atoms with van der Waals surface area (Å²) in [5.41, 5.74) is 4.93. The molecule has 208 valence electrons. The fourth-order valence-corrected chi connectivity index (χ4v) is 5.44. The van der Waals surface area contributed by atoms with Gasteiger partial charge in [-0.1, -0.05) is 58.4 Å². The quantitative estimate of drug-likeness (QED) is 0.340. The number of carbonyl (C=O) groups is 2. The molecule has 0 bridgehead atoms. The van der Waals surface area contributed by atoms with Crippen LogP contribution in [0, 0.1) is 11.8 Å². The molecule has 1 amide bonds. The average Bonchev–Trinajstić information content (AvgIpc) is 3.46. The smallest absolute Gasteiger partial charge is 0.326 e. The Morgan fingerprint density at radius 1 is 1.15 bits per heavy atom. The predicted molar refractivity (Wildman–Crippen MR) is 152 cm³/mol. The Labute approximate surface area is 230 Å². The van der Waals surface area contributed by atoms with E-state index in [2.05, 4.69) is 50.6 Å². The van der Waals surface area contributed by atoms with E-state index in [0.29, 0.717) is 18.2 Å². The van der Waals surface area contributed by atoms with E-state index in [9.17, 15) is 14.7 Å². The summed E-state index contributed by atoms with van der Waals surface area (Å²) in [5, 5.41) is 24.7. The van der Waals surface area contributed by atoms with Gasteiger partial charge in [0.2, 0.25) is 11.7 Å². The van der Waals surface area contributed by atoms with Crippen molar-refractivity contribution in [3.8, 4) is 22.5 Å². The number of unbranched alkanes of at least 4 members (excludes halogenated alkanes) is 1. The summed E-state index contributed by atoms with van der Waals surface area (Å²) in [6.45, 7) is 10.3. The van der Waals surface area contributed by atoms with Crippen molar-refractivity contribution >= 4 is 17.6 Å². The highest BCUT2D eigenvalue weighted by Gasteiger charge is 2.32. The highest BCUT2D eigenvalue weighted by molar-refractivity contribution is 5.85. The van der Waals surface area contributed by atoms with Gasteiger partial charge in [0, 0.05) is 37.3 Å². The number of aliphatic carboxylic acids is 1. The van der Waals surface area contributed by atoms with Gasteiger partial charge < -0.3 is 14.9 Å². The number of aromatic amines is 1. The molecule has 0 saturated carbocycles. The summed E-state index contributed by atoms with van der Waals surface area (Å²) < 4.78 is 0. The van der Waals surface area contributed by atoms with E-state index in [0.717, 1.165) is 48.2 Å². The van der Waals surface area contributed by atoms with Gasteiger partial charge in [0.1, 0.15) is 6.04 Å². The second kappa shape index (κ2) is 12.9. The van der Waals surface area contributed by atoms with Gasteiger partial charge in [-0.2, -0.15) is 5.21 Å². The number of nitrogens with zero attached hydrogens (tertiary/aromatic N) is 5. The van der Waals surface area contributed by atoms with Crippen LogP contribution >= 0.6 is 0 Å². The number of aromatic nitrogens is 4. The van der Waals surface area contributed by atoms with E-state index < -0.39 is 12.0 Å². The van der Waals surface area contributed by atoms with Crippen molar-refractivity contribution in [1.82, 2.24) is 25.5 Å². The van der Waals surface area contributed by atoms with E-state index in [1.807, 2.05) is 45.0 Å². The van der Waals surface area contributed by atoms with Crippen LogP contribution in [0.4, 0.5) is 5.69 Å². The van der Waals surface area contributed by atoms with Crippen LogP contribution in [0.3, 0.4) is 0 Å². The van der Waals surface area contributed by atoms with E-state index >= 15 is 0 Å². The molecule has 1 saturated heterocycles. The lowest BCUT2D eigenvalue weighted by molar-refractivity contribution is -0.153. The zero-order valence-electron chi connectivity index (χ0n) is 23.4. The number of piperidine rings is 1. The van der Waals surface area contributed by atoms with Crippen molar-refractivity contribution in [2.24, 2.45) is 11.8 Å². The van der Waals surface area contributed by atoms with Gasteiger partial charge in [-0.05, 0) is 71.2 Å². The molecule has 0 radical (unpaired) electrons. The third-order valence-corrected chi connectivity index (χ3v) is 7.51. The average molecular weight is 533 g/mol. The van der Waals surface area contributed by atoms with Crippen LogP contribution in [0.2, 0.25) is 0 Å². The van der Waals surface area contributed by atoms with Gasteiger partial charge in [0.05, 0.1) is 0 Å². The maximum atomic E-state index is 13.1. The number of benzene rings is 2. The molecule has 1 aliphatic rings. The molecule has 2 heterocycles. The summed E-state index contributed by atoms with van der Waals surface area (Å²) in [7, 11) is 0. The fraction of sp³-hybridized carbons (Fsp3) is 0.500. The van der Waals surface area contributed by atoms with Crippen LogP contribution in [0.15, 0.2) is 42.5 Å². The van der Waals surface area contributed by atoms with Gasteiger partial charge in [0.15, 0.2) is 0 Å². The van der Waals surface area contributed by atoms with Crippen LogP contribution in [-0.2, 0) is 16.1 Å². The number of carbonyl (C=O) groups excluding carboxylic acids is 1. The van der Waals surface area contributed by atoms with E-state index in [-0.39, 0.29) is 18.4 Å². The van der Waals surface area contributed by atoms with Crippen LogP contribution in [0.25, 0.3) is 22.5 Å². The minimum absolute atomic E-state index is 0.120. The number of carboxylic acid groups (broad SMARTS) is 1. The molecule has 3 aromatic rings. The molecule has 39 heavy (non-hydrogen) atoms. The number of hydrogen-bond acceptors (Lipinski definition) is 6. The molecular formula is C30H40N6O3. The monoisotopic (exact) mass is 532 g/mol. The summed E-state index contributed by atoms with van der Waals surface area (Å²) in [5.74, 6) is -0.113. The highest BCUT2D eigenvalue weighted by atomic mass is 16.4. The molecule has 1 fully saturated rings. The minimum Gasteiger partial charge on any atom is -0.480 e. The SMILES string of the molecule is CCCCC(=O)N(Cc1ccc(-c2cc(N3CCCC(C)C3)ccc2-c2nn[nH]n2)cc1)C(C(=O)O)C(C)C. The van der Waals surface area contributed by atoms with Gasteiger partial charge in [-0.3, -0.25) is 4.79 Å². The number of rotatable bonds is 11.